The van der Waals surface area contributed by atoms with E-state index in [1.54, 1.807) is 0 Å². The van der Waals surface area contributed by atoms with Gasteiger partial charge in [-0.3, -0.25) is 0 Å². The molecule has 0 aromatic carbocycles. The van der Waals surface area contributed by atoms with Crippen molar-refractivity contribution < 1.29 is 13.5 Å². The van der Waals surface area contributed by atoms with Crippen LogP contribution in [0.5, 0.6) is 0 Å². The molecule has 0 amide bonds. The third-order valence-corrected chi connectivity index (χ3v) is 1.50. The Hall–Kier alpha value is -0.220. The molecule has 0 radical (unpaired) electrons. The predicted molar refractivity (Wildman–Crippen MR) is 37.8 cm³/mol. The fraction of sp³-hybridized carbons (Fsp3) is 1.00. The van der Waals surface area contributed by atoms with Crippen LogP contribution in [0.4, 0.5) is 8.78 Å². The van der Waals surface area contributed by atoms with Gasteiger partial charge in [0, 0.05) is 12.6 Å². The molecule has 0 saturated heterocycles. The van der Waals surface area contributed by atoms with Gasteiger partial charge >= 0.3 is 0 Å². The average Bonchev–Trinajstić information content (AvgIpc) is 2.70. The second-order valence-electron chi connectivity index (χ2n) is 2.69. The van der Waals surface area contributed by atoms with Gasteiger partial charge in [-0.15, -0.1) is 0 Å². The number of hydrogen-bond acceptors (Lipinski definition) is 2. The maximum Gasteiger partial charge on any atom is 0.261 e. The van der Waals surface area contributed by atoms with Crippen LogP contribution >= 0.6 is 0 Å². The zero-order valence-electron chi connectivity index (χ0n) is 6.35. The van der Waals surface area contributed by atoms with Crippen LogP contribution in [-0.4, -0.2) is 32.2 Å². The number of rotatable bonds is 6. The fourth-order valence-electron chi connectivity index (χ4n) is 0.795. The molecule has 2 nitrogen and oxygen atoms in total. The summed E-state index contributed by atoms with van der Waals surface area (Å²) < 4.78 is 27.6. The lowest BCUT2D eigenvalue weighted by Gasteiger charge is -2.03. The Bertz CT molecular complexity index is 103. The Morgan fingerprint density at radius 2 is 2.18 bits per heavy atom. The molecule has 66 valence electrons. The summed E-state index contributed by atoms with van der Waals surface area (Å²) in [5.74, 6) is 0. The second kappa shape index (κ2) is 4.62. The molecule has 1 N–H and O–H groups in total. The summed E-state index contributed by atoms with van der Waals surface area (Å²) in [6.45, 7) is 0.643. The quantitative estimate of drug-likeness (QED) is 0.593. The second-order valence-corrected chi connectivity index (χ2v) is 2.69. The van der Waals surface area contributed by atoms with Gasteiger partial charge in [-0.05, 0) is 12.8 Å². The molecule has 0 aromatic heterocycles. The Morgan fingerprint density at radius 3 is 2.73 bits per heavy atom. The highest BCUT2D eigenvalue weighted by atomic mass is 19.3. The Morgan fingerprint density at radius 1 is 1.45 bits per heavy atom. The number of nitrogens with one attached hydrogen (secondary N) is 1. The van der Waals surface area contributed by atoms with Crippen LogP contribution in [0.1, 0.15) is 12.8 Å². The number of halogens is 2. The minimum atomic E-state index is -2.34. The molecule has 1 saturated carbocycles. The standard InChI is InChI=1S/C7H13F2NO/c8-7(9)5-11-4-3-10-6-1-2-6/h6-7,10H,1-5H2. The third kappa shape index (κ3) is 5.09. The van der Waals surface area contributed by atoms with Crippen LogP contribution in [0.25, 0.3) is 0 Å². The summed E-state index contributed by atoms with van der Waals surface area (Å²) in [6.07, 6.45) is 0.0971. The topological polar surface area (TPSA) is 21.3 Å². The normalized spacial score (nSPS) is 17.7. The molecular formula is C7H13F2NO. The number of hydrogen-bond donors (Lipinski definition) is 1. The Kier molecular flexibility index (Phi) is 3.72. The first-order valence-electron chi connectivity index (χ1n) is 3.88. The molecule has 0 heterocycles. The van der Waals surface area contributed by atoms with E-state index in [1.807, 2.05) is 0 Å². The summed E-state index contributed by atoms with van der Waals surface area (Å²) in [5, 5.41) is 3.16. The van der Waals surface area contributed by atoms with Crippen LogP contribution in [-0.2, 0) is 4.74 Å². The number of ether oxygens (including phenoxy) is 1. The highest BCUT2D eigenvalue weighted by Gasteiger charge is 2.19. The Labute approximate surface area is 64.9 Å². The molecule has 11 heavy (non-hydrogen) atoms. The summed E-state index contributed by atoms with van der Waals surface area (Å²) in [5.41, 5.74) is 0. The number of alkyl halides is 2. The average molecular weight is 165 g/mol. The van der Waals surface area contributed by atoms with Crippen LogP contribution in [0.15, 0.2) is 0 Å². The van der Waals surface area contributed by atoms with Gasteiger partial charge < -0.3 is 10.1 Å². The van der Waals surface area contributed by atoms with Crippen LogP contribution in [0.2, 0.25) is 0 Å². The lowest BCUT2D eigenvalue weighted by Crippen LogP contribution is -2.22. The van der Waals surface area contributed by atoms with Crippen molar-refractivity contribution in [3.05, 3.63) is 0 Å². The highest BCUT2D eigenvalue weighted by molar-refractivity contribution is 4.80. The maximum absolute atomic E-state index is 11.5. The van der Waals surface area contributed by atoms with Gasteiger partial charge in [0.25, 0.3) is 6.43 Å². The monoisotopic (exact) mass is 165 g/mol. The molecular weight excluding hydrogens is 152 g/mol. The summed E-state index contributed by atoms with van der Waals surface area (Å²) in [4.78, 5) is 0. The minimum absolute atomic E-state index is 0.390. The van der Waals surface area contributed by atoms with E-state index in [0.29, 0.717) is 19.2 Å². The zero-order chi connectivity index (χ0) is 8.10. The highest BCUT2D eigenvalue weighted by Crippen LogP contribution is 2.17. The first-order valence-corrected chi connectivity index (χ1v) is 3.88. The van der Waals surface area contributed by atoms with E-state index >= 15 is 0 Å². The van der Waals surface area contributed by atoms with E-state index in [0.717, 1.165) is 0 Å². The van der Waals surface area contributed by atoms with E-state index in [1.165, 1.54) is 12.8 Å². The predicted octanol–water partition coefficient (Wildman–Crippen LogP) is 1.02. The smallest absolute Gasteiger partial charge is 0.261 e. The minimum Gasteiger partial charge on any atom is -0.374 e. The van der Waals surface area contributed by atoms with Crippen LogP contribution < -0.4 is 5.32 Å². The third-order valence-electron chi connectivity index (χ3n) is 1.50. The molecule has 0 aliphatic heterocycles. The molecule has 0 atom stereocenters. The molecule has 0 bridgehead atoms. The maximum atomic E-state index is 11.5. The fourth-order valence-corrected chi connectivity index (χ4v) is 0.795. The van der Waals surface area contributed by atoms with Gasteiger partial charge in [0.2, 0.25) is 0 Å². The molecule has 1 aliphatic carbocycles. The zero-order valence-corrected chi connectivity index (χ0v) is 6.35. The van der Waals surface area contributed by atoms with Crippen molar-refractivity contribution >= 4 is 0 Å². The van der Waals surface area contributed by atoms with E-state index in [-0.39, 0.29) is 0 Å². The molecule has 0 spiro atoms. The van der Waals surface area contributed by atoms with Crippen molar-refractivity contribution in [2.45, 2.75) is 25.3 Å². The first kappa shape index (κ1) is 8.87. The van der Waals surface area contributed by atoms with E-state index < -0.39 is 13.0 Å². The van der Waals surface area contributed by atoms with Gasteiger partial charge in [-0.2, -0.15) is 0 Å². The van der Waals surface area contributed by atoms with Crippen molar-refractivity contribution in [2.75, 3.05) is 19.8 Å². The van der Waals surface area contributed by atoms with Crippen molar-refractivity contribution in [3.8, 4) is 0 Å². The van der Waals surface area contributed by atoms with Gasteiger partial charge in [-0.1, -0.05) is 0 Å². The van der Waals surface area contributed by atoms with E-state index in [9.17, 15) is 8.78 Å². The molecule has 0 unspecified atom stereocenters. The van der Waals surface area contributed by atoms with E-state index in [2.05, 4.69) is 10.1 Å². The van der Waals surface area contributed by atoms with Crippen molar-refractivity contribution in [1.29, 1.82) is 0 Å². The summed E-state index contributed by atoms with van der Waals surface area (Å²) in [6, 6.07) is 0.630. The van der Waals surface area contributed by atoms with Crippen molar-refractivity contribution in [2.24, 2.45) is 0 Å². The molecule has 1 aliphatic rings. The van der Waals surface area contributed by atoms with Gasteiger partial charge in [-0.25, -0.2) is 8.78 Å². The van der Waals surface area contributed by atoms with Crippen molar-refractivity contribution in [1.82, 2.24) is 5.32 Å². The molecule has 0 aromatic rings. The van der Waals surface area contributed by atoms with Crippen molar-refractivity contribution in [3.63, 3.8) is 0 Å². The lowest BCUT2D eigenvalue weighted by atomic mass is 10.6. The molecule has 4 heteroatoms. The molecule has 1 fully saturated rings. The van der Waals surface area contributed by atoms with Crippen LogP contribution in [0.3, 0.4) is 0 Å². The van der Waals surface area contributed by atoms with Gasteiger partial charge in [0.1, 0.15) is 6.61 Å². The first-order chi connectivity index (χ1) is 5.29. The summed E-state index contributed by atoms with van der Waals surface area (Å²) >= 11 is 0. The summed E-state index contributed by atoms with van der Waals surface area (Å²) in [7, 11) is 0. The van der Waals surface area contributed by atoms with Gasteiger partial charge in [0.15, 0.2) is 0 Å². The largest absolute Gasteiger partial charge is 0.374 e. The Balaban J connectivity index is 1.73. The van der Waals surface area contributed by atoms with Gasteiger partial charge in [0.05, 0.1) is 6.61 Å². The van der Waals surface area contributed by atoms with E-state index in [4.69, 9.17) is 0 Å². The SMILES string of the molecule is FC(F)COCCNC1CC1. The lowest BCUT2D eigenvalue weighted by molar-refractivity contribution is 0.0187. The van der Waals surface area contributed by atoms with Crippen LogP contribution in [0, 0.1) is 0 Å². The molecule has 1 rings (SSSR count).